The Balaban J connectivity index is 2.25. The molecule has 29 heavy (non-hydrogen) atoms. The molecule has 154 valence electrons. The highest BCUT2D eigenvalue weighted by molar-refractivity contribution is 5.97. The molecule has 0 spiro atoms. The highest BCUT2D eigenvalue weighted by atomic mass is 16.5. The van der Waals surface area contributed by atoms with E-state index < -0.39 is 17.9 Å². The maximum atomic E-state index is 12.6. The molecule has 1 unspecified atom stereocenters. The lowest BCUT2D eigenvalue weighted by atomic mass is 10.1. The molecule has 2 aromatic rings. The number of ether oxygens (including phenoxy) is 3. The quantitative estimate of drug-likeness (QED) is 0.595. The van der Waals surface area contributed by atoms with E-state index in [1.165, 1.54) is 26.4 Å². The van der Waals surface area contributed by atoms with Gasteiger partial charge in [-0.1, -0.05) is 42.5 Å². The molecule has 0 bridgehead atoms. The summed E-state index contributed by atoms with van der Waals surface area (Å²) in [6, 6.07) is 11.5. The molecule has 0 heterocycles. The second-order valence-corrected chi connectivity index (χ2v) is 6.15. The molecule has 2 rings (SSSR count). The summed E-state index contributed by atoms with van der Waals surface area (Å²) in [6.45, 7) is 2.08. The highest BCUT2D eigenvalue weighted by Crippen LogP contribution is 2.39. The Morgan fingerprint density at radius 2 is 1.72 bits per heavy atom. The summed E-state index contributed by atoms with van der Waals surface area (Å²) in [6.07, 6.45) is 3.60. The standard InChI is InChI=1S/C22H25NO6/c1-4-5-11-17(22(25)26)23-21(24)16-12-18(27-2)20(19(13-16)28-3)29-14-15-9-7-6-8-10-15/h4-10,12-13,17H,11,14H2,1-3H3,(H,23,24)(H,25,26)/b5-4+. The average molecular weight is 399 g/mol. The van der Waals surface area contributed by atoms with Gasteiger partial charge in [0.15, 0.2) is 11.5 Å². The monoisotopic (exact) mass is 399 g/mol. The van der Waals surface area contributed by atoms with Gasteiger partial charge in [0.05, 0.1) is 14.2 Å². The van der Waals surface area contributed by atoms with Crippen molar-refractivity contribution in [3.63, 3.8) is 0 Å². The van der Waals surface area contributed by atoms with Crippen LogP contribution in [-0.4, -0.2) is 37.2 Å². The third-order valence-corrected chi connectivity index (χ3v) is 4.16. The van der Waals surface area contributed by atoms with Crippen LogP contribution in [0.2, 0.25) is 0 Å². The van der Waals surface area contributed by atoms with Crippen molar-refractivity contribution in [3.05, 3.63) is 65.7 Å². The van der Waals surface area contributed by atoms with Gasteiger partial charge in [-0.15, -0.1) is 0 Å². The number of carbonyl (C=O) groups is 2. The number of rotatable bonds is 10. The van der Waals surface area contributed by atoms with E-state index in [2.05, 4.69) is 5.32 Å². The zero-order valence-corrected chi connectivity index (χ0v) is 16.7. The first kappa shape index (κ1) is 21.8. The van der Waals surface area contributed by atoms with Crippen LogP contribution in [0, 0.1) is 0 Å². The van der Waals surface area contributed by atoms with E-state index in [-0.39, 0.29) is 12.0 Å². The van der Waals surface area contributed by atoms with Crippen molar-refractivity contribution < 1.29 is 28.9 Å². The molecule has 1 atom stereocenters. The lowest BCUT2D eigenvalue weighted by Gasteiger charge is -2.17. The molecule has 0 radical (unpaired) electrons. The second kappa shape index (κ2) is 10.8. The molecule has 7 heteroatoms. The van der Waals surface area contributed by atoms with Crippen molar-refractivity contribution >= 4 is 11.9 Å². The summed E-state index contributed by atoms with van der Waals surface area (Å²) in [5.74, 6) is -0.679. The number of methoxy groups -OCH3 is 2. The van der Waals surface area contributed by atoms with Gasteiger partial charge in [-0.25, -0.2) is 4.79 Å². The predicted molar refractivity (Wildman–Crippen MR) is 109 cm³/mol. The summed E-state index contributed by atoms with van der Waals surface area (Å²) in [5, 5.41) is 11.8. The number of hydrogen-bond donors (Lipinski definition) is 2. The average Bonchev–Trinajstić information content (AvgIpc) is 2.74. The summed E-state index contributed by atoms with van der Waals surface area (Å²) >= 11 is 0. The number of nitrogens with one attached hydrogen (secondary N) is 1. The van der Waals surface area contributed by atoms with Crippen molar-refractivity contribution in [2.75, 3.05) is 14.2 Å². The number of hydrogen-bond acceptors (Lipinski definition) is 5. The lowest BCUT2D eigenvalue weighted by Crippen LogP contribution is -2.40. The fourth-order valence-corrected chi connectivity index (χ4v) is 2.62. The molecule has 1 amide bonds. The maximum Gasteiger partial charge on any atom is 0.326 e. The lowest BCUT2D eigenvalue weighted by molar-refractivity contribution is -0.139. The Labute approximate surface area is 169 Å². The smallest absolute Gasteiger partial charge is 0.326 e. The van der Waals surface area contributed by atoms with Gasteiger partial charge in [0.25, 0.3) is 5.91 Å². The Hall–Kier alpha value is -3.48. The van der Waals surface area contributed by atoms with Crippen LogP contribution in [0.5, 0.6) is 17.2 Å². The van der Waals surface area contributed by atoms with Crippen molar-refractivity contribution in [2.24, 2.45) is 0 Å². The SMILES string of the molecule is C/C=C/CC(NC(=O)c1cc(OC)c(OCc2ccccc2)c(OC)c1)C(=O)O. The van der Waals surface area contributed by atoms with Crippen molar-refractivity contribution in [1.82, 2.24) is 5.32 Å². The normalized spacial score (nSPS) is 11.7. The number of benzene rings is 2. The first-order valence-electron chi connectivity index (χ1n) is 9.07. The Morgan fingerprint density at radius 3 is 2.24 bits per heavy atom. The van der Waals surface area contributed by atoms with Gasteiger partial charge in [0.1, 0.15) is 12.6 Å². The molecule has 0 aliphatic heterocycles. The first-order chi connectivity index (χ1) is 14.0. The van der Waals surface area contributed by atoms with E-state index in [0.29, 0.717) is 23.9 Å². The largest absolute Gasteiger partial charge is 0.493 e. The van der Waals surface area contributed by atoms with E-state index in [0.717, 1.165) is 5.56 Å². The number of carboxylic acid groups (broad SMARTS) is 1. The van der Waals surface area contributed by atoms with Gasteiger partial charge in [0.2, 0.25) is 5.75 Å². The summed E-state index contributed by atoms with van der Waals surface area (Å²) in [5.41, 5.74) is 1.17. The van der Waals surface area contributed by atoms with Crippen LogP contribution in [-0.2, 0) is 11.4 Å². The zero-order valence-electron chi connectivity index (χ0n) is 16.7. The number of carboxylic acids is 1. The minimum absolute atomic E-state index is 0.185. The highest BCUT2D eigenvalue weighted by Gasteiger charge is 2.22. The van der Waals surface area contributed by atoms with E-state index >= 15 is 0 Å². The molecular weight excluding hydrogens is 374 g/mol. The second-order valence-electron chi connectivity index (χ2n) is 6.15. The molecule has 7 nitrogen and oxygen atoms in total. The van der Waals surface area contributed by atoms with Gasteiger partial charge in [-0.3, -0.25) is 4.79 Å². The van der Waals surface area contributed by atoms with Crippen LogP contribution in [0.25, 0.3) is 0 Å². The number of aliphatic carboxylic acids is 1. The predicted octanol–water partition coefficient (Wildman–Crippen LogP) is 3.43. The van der Waals surface area contributed by atoms with Gasteiger partial charge < -0.3 is 24.6 Å². The molecule has 2 N–H and O–H groups in total. The maximum absolute atomic E-state index is 12.6. The molecule has 0 saturated heterocycles. The number of amides is 1. The molecular formula is C22H25NO6. The first-order valence-corrected chi connectivity index (χ1v) is 9.07. The molecule has 0 aliphatic carbocycles. The molecule has 0 saturated carbocycles. The van der Waals surface area contributed by atoms with E-state index in [4.69, 9.17) is 14.2 Å². The third-order valence-electron chi connectivity index (χ3n) is 4.16. The summed E-state index contributed by atoms with van der Waals surface area (Å²) < 4.78 is 16.6. The van der Waals surface area contributed by atoms with Gasteiger partial charge >= 0.3 is 5.97 Å². The van der Waals surface area contributed by atoms with Gasteiger partial charge in [0, 0.05) is 5.56 Å². The molecule has 0 aliphatic rings. The van der Waals surface area contributed by atoms with E-state index in [9.17, 15) is 14.7 Å². The van der Waals surface area contributed by atoms with Crippen LogP contribution in [0.3, 0.4) is 0 Å². The molecule has 0 aromatic heterocycles. The van der Waals surface area contributed by atoms with E-state index in [1.807, 2.05) is 30.3 Å². The van der Waals surface area contributed by atoms with Crippen LogP contribution in [0.1, 0.15) is 29.3 Å². The number of allylic oxidation sites excluding steroid dienone is 1. The summed E-state index contributed by atoms with van der Waals surface area (Å²) in [4.78, 5) is 24.0. The fraction of sp³-hybridized carbons (Fsp3) is 0.273. The molecule has 2 aromatic carbocycles. The summed E-state index contributed by atoms with van der Waals surface area (Å²) in [7, 11) is 2.91. The van der Waals surface area contributed by atoms with Crippen LogP contribution < -0.4 is 19.5 Å². The Kier molecular flexibility index (Phi) is 8.09. The fourth-order valence-electron chi connectivity index (χ4n) is 2.62. The zero-order chi connectivity index (χ0) is 21.2. The molecule has 0 fully saturated rings. The van der Waals surface area contributed by atoms with Crippen molar-refractivity contribution in [3.8, 4) is 17.2 Å². The topological polar surface area (TPSA) is 94.1 Å². The van der Waals surface area contributed by atoms with Crippen LogP contribution in [0.4, 0.5) is 0 Å². The van der Waals surface area contributed by atoms with E-state index in [1.54, 1.807) is 19.1 Å². The van der Waals surface area contributed by atoms with Crippen molar-refractivity contribution in [1.29, 1.82) is 0 Å². The minimum Gasteiger partial charge on any atom is -0.493 e. The van der Waals surface area contributed by atoms with Gasteiger partial charge in [-0.2, -0.15) is 0 Å². The Bertz CT molecular complexity index is 838. The van der Waals surface area contributed by atoms with Crippen molar-refractivity contribution in [2.45, 2.75) is 26.0 Å². The minimum atomic E-state index is -1.11. The van der Waals surface area contributed by atoms with Crippen LogP contribution >= 0.6 is 0 Å². The van der Waals surface area contributed by atoms with Crippen LogP contribution in [0.15, 0.2) is 54.6 Å². The van der Waals surface area contributed by atoms with Gasteiger partial charge in [-0.05, 0) is 31.0 Å². The Morgan fingerprint density at radius 1 is 1.10 bits per heavy atom. The third kappa shape index (κ3) is 6.00. The number of carbonyl (C=O) groups excluding carboxylic acids is 1.